The van der Waals surface area contributed by atoms with Crippen LogP contribution in [-0.4, -0.2) is 72.3 Å². The number of piperazine rings is 1. The van der Waals surface area contributed by atoms with Crippen molar-refractivity contribution in [1.82, 2.24) is 14.7 Å². The molecule has 8 heteroatoms. The highest BCUT2D eigenvalue weighted by Gasteiger charge is 2.27. The lowest BCUT2D eigenvalue weighted by molar-refractivity contribution is -0.131. The second kappa shape index (κ2) is 7.89. The van der Waals surface area contributed by atoms with Gasteiger partial charge in [0.25, 0.3) is 5.91 Å². The van der Waals surface area contributed by atoms with Crippen LogP contribution in [0.3, 0.4) is 0 Å². The average Bonchev–Trinajstić information content (AvgIpc) is 3.13. The summed E-state index contributed by atoms with van der Waals surface area (Å²) in [6.07, 6.45) is 2.15. The highest BCUT2D eigenvalue weighted by molar-refractivity contribution is 6.36. The highest BCUT2D eigenvalue weighted by Crippen LogP contribution is 2.25. The third kappa shape index (κ3) is 4.25. The molecule has 0 atom stereocenters. The summed E-state index contributed by atoms with van der Waals surface area (Å²) < 4.78 is 13.6. The van der Waals surface area contributed by atoms with Crippen LogP contribution < -0.4 is 0 Å². The van der Waals surface area contributed by atoms with Crippen molar-refractivity contribution >= 4 is 35.0 Å². The van der Waals surface area contributed by atoms with Crippen LogP contribution in [0.25, 0.3) is 0 Å². The Hall–Kier alpha value is -1.37. The standard InChI is InChI=1S/C17H20Cl2FN3O2/c18-13-10-14(19)15(20)9-12(13)17(25)23-7-5-21(6-8-23)11-16(24)22-3-1-2-4-22/h9-10H,1-8,11H2. The fraction of sp³-hybridized carbons (Fsp3) is 0.529. The second-order valence-electron chi connectivity index (χ2n) is 6.40. The number of amides is 2. The van der Waals surface area contributed by atoms with Gasteiger partial charge in [0.2, 0.25) is 5.91 Å². The molecule has 0 unspecified atom stereocenters. The number of carbonyl (C=O) groups excluding carboxylic acids is 2. The maximum absolute atomic E-state index is 13.6. The Bertz CT molecular complexity index is 672. The molecule has 0 aromatic heterocycles. The van der Waals surface area contributed by atoms with Crippen molar-refractivity contribution in [2.75, 3.05) is 45.8 Å². The molecule has 1 aromatic carbocycles. The smallest absolute Gasteiger partial charge is 0.255 e. The fourth-order valence-corrected chi connectivity index (χ4v) is 3.69. The van der Waals surface area contributed by atoms with Gasteiger partial charge in [0.05, 0.1) is 22.2 Å². The van der Waals surface area contributed by atoms with Crippen molar-refractivity contribution in [3.8, 4) is 0 Å². The van der Waals surface area contributed by atoms with Gasteiger partial charge in [0.1, 0.15) is 5.82 Å². The van der Waals surface area contributed by atoms with Gasteiger partial charge in [-0.25, -0.2) is 4.39 Å². The minimum absolute atomic E-state index is 0.105. The van der Waals surface area contributed by atoms with E-state index in [1.165, 1.54) is 6.07 Å². The van der Waals surface area contributed by atoms with Gasteiger partial charge >= 0.3 is 0 Å². The van der Waals surface area contributed by atoms with E-state index in [1.807, 2.05) is 4.90 Å². The molecule has 0 spiro atoms. The Labute approximate surface area is 156 Å². The summed E-state index contributed by atoms with van der Waals surface area (Å²) >= 11 is 11.7. The SMILES string of the molecule is O=C(CN1CCN(C(=O)c2cc(F)c(Cl)cc2Cl)CC1)N1CCCC1. The molecule has 2 aliphatic rings. The summed E-state index contributed by atoms with van der Waals surface area (Å²) in [7, 11) is 0. The van der Waals surface area contributed by atoms with Crippen LogP contribution in [-0.2, 0) is 4.79 Å². The number of rotatable bonds is 3. The Kier molecular flexibility index (Phi) is 5.81. The van der Waals surface area contributed by atoms with Gasteiger partial charge in [-0.3, -0.25) is 14.5 Å². The molecule has 2 aliphatic heterocycles. The zero-order valence-corrected chi connectivity index (χ0v) is 15.3. The molecule has 2 heterocycles. The molecule has 136 valence electrons. The monoisotopic (exact) mass is 387 g/mol. The summed E-state index contributed by atoms with van der Waals surface area (Å²) in [5.41, 5.74) is 0.116. The van der Waals surface area contributed by atoms with Crippen molar-refractivity contribution in [3.05, 3.63) is 33.6 Å². The first-order valence-corrected chi connectivity index (χ1v) is 9.15. The first-order chi connectivity index (χ1) is 12.0. The molecule has 1 aromatic rings. The predicted octanol–water partition coefficient (Wildman–Crippen LogP) is 2.51. The zero-order valence-electron chi connectivity index (χ0n) is 13.8. The molecule has 2 amide bonds. The van der Waals surface area contributed by atoms with Crippen molar-refractivity contribution in [1.29, 1.82) is 0 Å². The lowest BCUT2D eigenvalue weighted by Gasteiger charge is -2.35. The quantitative estimate of drug-likeness (QED) is 0.748. The van der Waals surface area contributed by atoms with Gasteiger partial charge in [0, 0.05) is 39.3 Å². The summed E-state index contributed by atoms with van der Waals surface area (Å²) in [5.74, 6) is -0.824. The van der Waals surface area contributed by atoms with Gasteiger partial charge in [-0.1, -0.05) is 23.2 Å². The molecule has 2 saturated heterocycles. The second-order valence-corrected chi connectivity index (χ2v) is 7.22. The van der Waals surface area contributed by atoms with Gasteiger partial charge in [-0.2, -0.15) is 0 Å². The van der Waals surface area contributed by atoms with Crippen LogP contribution >= 0.6 is 23.2 Å². The van der Waals surface area contributed by atoms with E-state index < -0.39 is 5.82 Å². The minimum atomic E-state index is -0.663. The summed E-state index contributed by atoms with van der Waals surface area (Å²) in [6.45, 7) is 4.26. The maximum Gasteiger partial charge on any atom is 0.255 e. The fourth-order valence-electron chi connectivity index (χ4n) is 3.22. The van der Waals surface area contributed by atoms with E-state index in [-0.39, 0.29) is 27.4 Å². The Morgan fingerprint density at radius 3 is 2.20 bits per heavy atom. The third-order valence-corrected chi connectivity index (χ3v) is 5.32. The molecule has 25 heavy (non-hydrogen) atoms. The van der Waals surface area contributed by atoms with E-state index in [0.717, 1.165) is 32.0 Å². The van der Waals surface area contributed by atoms with E-state index in [4.69, 9.17) is 23.2 Å². The predicted molar refractivity (Wildman–Crippen MR) is 94.6 cm³/mol. The summed E-state index contributed by atoms with van der Waals surface area (Å²) in [5, 5.41) is 0.0369. The van der Waals surface area contributed by atoms with Crippen LogP contribution in [0.5, 0.6) is 0 Å². The van der Waals surface area contributed by atoms with Gasteiger partial charge in [-0.05, 0) is 25.0 Å². The van der Waals surface area contributed by atoms with Crippen LogP contribution in [0.2, 0.25) is 10.0 Å². The zero-order chi connectivity index (χ0) is 18.0. The molecule has 0 bridgehead atoms. The van der Waals surface area contributed by atoms with E-state index in [0.29, 0.717) is 32.7 Å². The molecule has 2 fully saturated rings. The van der Waals surface area contributed by atoms with Crippen molar-refractivity contribution in [2.45, 2.75) is 12.8 Å². The van der Waals surface area contributed by atoms with E-state index in [2.05, 4.69) is 4.90 Å². The van der Waals surface area contributed by atoms with Crippen LogP contribution in [0.1, 0.15) is 23.2 Å². The number of carbonyl (C=O) groups is 2. The maximum atomic E-state index is 13.6. The molecule has 0 radical (unpaired) electrons. The van der Waals surface area contributed by atoms with E-state index >= 15 is 0 Å². The molecule has 0 saturated carbocycles. The first-order valence-electron chi connectivity index (χ1n) is 8.39. The van der Waals surface area contributed by atoms with Crippen molar-refractivity contribution in [2.24, 2.45) is 0 Å². The molecule has 0 aliphatic carbocycles. The molecule has 3 rings (SSSR count). The first kappa shape index (κ1) is 18.4. The van der Waals surface area contributed by atoms with Gasteiger partial charge < -0.3 is 9.80 Å². The van der Waals surface area contributed by atoms with Gasteiger partial charge in [-0.15, -0.1) is 0 Å². The number of nitrogens with zero attached hydrogens (tertiary/aromatic N) is 3. The van der Waals surface area contributed by atoms with Gasteiger partial charge in [0.15, 0.2) is 0 Å². The topological polar surface area (TPSA) is 43.9 Å². The van der Waals surface area contributed by atoms with E-state index in [9.17, 15) is 14.0 Å². The minimum Gasteiger partial charge on any atom is -0.342 e. The Morgan fingerprint density at radius 1 is 0.920 bits per heavy atom. The van der Waals surface area contributed by atoms with E-state index in [1.54, 1.807) is 4.90 Å². The van der Waals surface area contributed by atoms with Crippen LogP contribution in [0.15, 0.2) is 12.1 Å². The molecular weight excluding hydrogens is 368 g/mol. The Morgan fingerprint density at radius 2 is 1.56 bits per heavy atom. The summed E-state index contributed by atoms with van der Waals surface area (Å²) in [4.78, 5) is 30.3. The molecule has 0 N–H and O–H groups in total. The number of hydrogen-bond acceptors (Lipinski definition) is 3. The Balaban J connectivity index is 1.56. The number of likely N-dealkylation sites (tertiary alicyclic amines) is 1. The lowest BCUT2D eigenvalue weighted by atomic mass is 10.1. The largest absolute Gasteiger partial charge is 0.342 e. The normalized spacial score (nSPS) is 18.7. The number of halogens is 3. The lowest BCUT2D eigenvalue weighted by Crippen LogP contribution is -2.51. The van der Waals surface area contributed by atoms with Crippen LogP contribution in [0.4, 0.5) is 4.39 Å². The van der Waals surface area contributed by atoms with Crippen molar-refractivity contribution < 1.29 is 14.0 Å². The average molecular weight is 388 g/mol. The molecule has 5 nitrogen and oxygen atoms in total. The molecular formula is C17H20Cl2FN3O2. The number of benzene rings is 1. The van der Waals surface area contributed by atoms with Crippen molar-refractivity contribution in [3.63, 3.8) is 0 Å². The highest BCUT2D eigenvalue weighted by atomic mass is 35.5. The summed E-state index contributed by atoms with van der Waals surface area (Å²) in [6, 6.07) is 2.33. The number of hydrogen-bond donors (Lipinski definition) is 0. The third-order valence-electron chi connectivity index (χ3n) is 4.72. The van der Waals surface area contributed by atoms with Crippen LogP contribution in [0, 0.1) is 5.82 Å².